The smallest absolute Gasteiger partial charge is 0.177 e. The molecule has 0 aliphatic rings. The first kappa shape index (κ1) is 8.08. The lowest BCUT2D eigenvalue weighted by Crippen LogP contribution is -1.94. The number of furan rings is 1. The minimum atomic E-state index is 0.579. The Morgan fingerprint density at radius 3 is 2.46 bits per heavy atom. The molecule has 1 heterocycles. The Bertz CT molecular complexity index is 361. The van der Waals surface area contributed by atoms with Crippen LogP contribution >= 0.6 is 0 Å². The van der Waals surface area contributed by atoms with Crippen molar-refractivity contribution in [3.05, 3.63) is 48.4 Å². The average Bonchev–Trinajstić information content (AvgIpc) is 2.71. The Morgan fingerprint density at radius 1 is 1.15 bits per heavy atom. The highest BCUT2D eigenvalue weighted by atomic mass is 16.3. The van der Waals surface area contributed by atoms with E-state index < -0.39 is 0 Å². The summed E-state index contributed by atoms with van der Waals surface area (Å²) in [7, 11) is 0. The number of hydrogen-bond acceptors (Lipinski definition) is 2. The monoisotopic (exact) mass is 172 g/mol. The fourth-order valence-electron chi connectivity index (χ4n) is 1.21. The topological polar surface area (TPSA) is 39.2 Å². The molecule has 1 radical (unpaired) electrons. The quantitative estimate of drug-likeness (QED) is 0.754. The van der Waals surface area contributed by atoms with Crippen molar-refractivity contribution in [1.29, 1.82) is 0 Å². The van der Waals surface area contributed by atoms with Gasteiger partial charge in [0, 0.05) is 12.1 Å². The molecule has 2 N–H and O–H groups in total. The van der Waals surface area contributed by atoms with E-state index in [-0.39, 0.29) is 0 Å². The molecule has 0 aliphatic heterocycles. The number of rotatable bonds is 2. The van der Waals surface area contributed by atoms with E-state index in [9.17, 15) is 0 Å². The van der Waals surface area contributed by atoms with Crippen LogP contribution in [0.25, 0.3) is 11.1 Å². The molecule has 0 spiro atoms. The van der Waals surface area contributed by atoms with Gasteiger partial charge in [0.1, 0.15) is 0 Å². The van der Waals surface area contributed by atoms with Gasteiger partial charge >= 0.3 is 0 Å². The Morgan fingerprint density at radius 2 is 1.92 bits per heavy atom. The molecule has 0 bridgehead atoms. The van der Waals surface area contributed by atoms with Crippen LogP contribution in [-0.4, -0.2) is 0 Å². The second-order valence-electron chi connectivity index (χ2n) is 2.84. The third-order valence-electron chi connectivity index (χ3n) is 1.97. The first-order valence-electron chi connectivity index (χ1n) is 4.15. The first-order chi connectivity index (χ1) is 6.40. The molecule has 1 aromatic heterocycles. The molecule has 0 amide bonds. The molecule has 0 atom stereocenters. The fraction of sp³-hybridized carbons (Fsp3) is 0.0909. The van der Waals surface area contributed by atoms with Gasteiger partial charge in [-0.3, -0.25) is 0 Å². The normalized spacial score (nSPS) is 10.2. The lowest BCUT2D eigenvalue weighted by Gasteiger charge is -1.98. The van der Waals surface area contributed by atoms with Crippen LogP contribution in [0.4, 0.5) is 0 Å². The maximum absolute atomic E-state index is 5.49. The van der Waals surface area contributed by atoms with Crippen LogP contribution in [0, 0.1) is 6.26 Å². The van der Waals surface area contributed by atoms with Crippen LogP contribution in [-0.2, 0) is 6.54 Å². The summed E-state index contributed by atoms with van der Waals surface area (Å²) in [6.07, 6.45) is 4.40. The van der Waals surface area contributed by atoms with Crippen molar-refractivity contribution in [2.45, 2.75) is 6.54 Å². The van der Waals surface area contributed by atoms with Crippen molar-refractivity contribution in [2.24, 2.45) is 5.73 Å². The first-order valence-corrected chi connectivity index (χ1v) is 4.15. The maximum atomic E-state index is 5.49. The average molecular weight is 172 g/mol. The standard InChI is InChI=1S/C11H10NO/c12-7-9-1-3-10(4-2-9)11-5-6-13-8-11/h1-6H,7,12H2. The zero-order valence-corrected chi connectivity index (χ0v) is 7.16. The lowest BCUT2D eigenvalue weighted by molar-refractivity contribution is 0.559. The van der Waals surface area contributed by atoms with Crippen molar-refractivity contribution in [3.63, 3.8) is 0 Å². The summed E-state index contributed by atoms with van der Waals surface area (Å²) in [4.78, 5) is 0. The molecule has 0 aliphatic carbocycles. The zero-order valence-electron chi connectivity index (χ0n) is 7.16. The van der Waals surface area contributed by atoms with E-state index in [1.165, 1.54) is 0 Å². The zero-order chi connectivity index (χ0) is 9.10. The van der Waals surface area contributed by atoms with Gasteiger partial charge in [-0.25, -0.2) is 0 Å². The summed E-state index contributed by atoms with van der Waals surface area (Å²) in [6, 6.07) is 9.94. The molecule has 0 fully saturated rings. The van der Waals surface area contributed by atoms with Crippen LogP contribution in [0.2, 0.25) is 0 Å². The lowest BCUT2D eigenvalue weighted by atomic mass is 10.1. The number of nitrogens with two attached hydrogens (primary N) is 1. The number of benzene rings is 1. The van der Waals surface area contributed by atoms with Crippen LogP contribution in [0.1, 0.15) is 5.56 Å². The van der Waals surface area contributed by atoms with E-state index in [2.05, 4.69) is 6.26 Å². The van der Waals surface area contributed by atoms with Gasteiger partial charge in [-0.05, 0) is 17.2 Å². The second kappa shape index (κ2) is 3.46. The Labute approximate surface area is 77.0 Å². The Hall–Kier alpha value is -1.54. The summed E-state index contributed by atoms with van der Waals surface area (Å²) in [5.41, 5.74) is 8.70. The third kappa shape index (κ3) is 1.63. The van der Waals surface area contributed by atoms with Crippen molar-refractivity contribution in [3.8, 4) is 11.1 Å². The van der Waals surface area contributed by atoms with Gasteiger partial charge in [-0.1, -0.05) is 24.3 Å². The van der Waals surface area contributed by atoms with Gasteiger partial charge in [-0.15, -0.1) is 0 Å². The van der Waals surface area contributed by atoms with Gasteiger partial charge in [0.2, 0.25) is 0 Å². The van der Waals surface area contributed by atoms with E-state index >= 15 is 0 Å². The summed E-state index contributed by atoms with van der Waals surface area (Å²) < 4.78 is 4.88. The Kier molecular flexibility index (Phi) is 2.15. The van der Waals surface area contributed by atoms with E-state index in [0.29, 0.717) is 6.54 Å². The summed E-state index contributed by atoms with van der Waals surface area (Å²) in [5.74, 6) is 0. The molecule has 0 saturated heterocycles. The molecule has 2 nitrogen and oxygen atoms in total. The molecule has 2 aromatic rings. The molecule has 0 saturated carbocycles. The highest BCUT2D eigenvalue weighted by Gasteiger charge is 1.98. The van der Waals surface area contributed by atoms with Gasteiger partial charge in [0.05, 0.1) is 6.26 Å². The summed E-state index contributed by atoms with van der Waals surface area (Å²) in [5, 5.41) is 0. The molecule has 13 heavy (non-hydrogen) atoms. The van der Waals surface area contributed by atoms with Crippen LogP contribution < -0.4 is 5.73 Å². The molecule has 1 aromatic carbocycles. The van der Waals surface area contributed by atoms with Crippen LogP contribution in [0.5, 0.6) is 0 Å². The molecule has 65 valence electrons. The van der Waals surface area contributed by atoms with Crippen molar-refractivity contribution in [2.75, 3.05) is 0 Å². The molecule has 2 rings (SSSR count). The van der Waals surface area contributed by atoms with E-state index in [0.717, 1.165) is 16.7 Å². The Balaban J connectivity index is 2.33. The van der Waals surface area contributed by atoms with Crippen molar-refractivity contribution >= 4 is 0 Å². The van der Waals surface area contributed by atoms with E-state index in [1.807, 2.05) is 30.3 Å². The maximum Gasteiger partial charge on any atom is 0.177 e. The van der Waals surface area contributed by atoms with Crippen LogP contribution in [0.3, 0.4) is 0 Å². The molecule has 2 heteroatoms. The second-order valence-corrected chi connectivity index (χ2v) is 2.84. The summed E-state index contributed by atoms with van der Waals surface area (Å²) >= 11 is 0. The largest absolute Gasteiger partial charge is 0.460 e. The molecular formula is C11H10NO. The van der Waals surface area contributed by atoms with Crippen molar-refractivity contribution in [1.82, 2.24) is 0 Å². The minimum Gasteiger partial charge on any atom is -0.460 e. The molecular weight excluding hydrogens is 162 g/mol. The SMILES string of the molecule is NCc1ccc(-c2[c]occ2)cc1. The molecule has 0 unspecified atom stereocenters. The highest BCUT2D eigenvalue weighted by molar-refractivity contribution is 5.61. The van der Waals surface area contributed by atoms with E-state index in [1.54, 1.807) is 6.26 Å². The van der Waals surface area contributed by atoms with Gasteiger partial charge in [-0.2, -0.15) is 0 Å². The van der Waals surface area contributed by atoms with Crippen LogP contribution in [0.15, 0.2) is 41.0 Å². The minimum absolute atomic E-state index is 0.579. The highest BCUT2D eigenvalue weighted by Crippen LogP contribution is 2.19. The van der Waals surface area contributed by atoms with Gasteiger partial charge in [0.25, 0.3) is 0 Å². The third-order valence-corrected chi connectivity index (χ3v) is 1.97. The predicted molar refractivity (Wildman–Crippen MR) is 50.9 cm³/mol. The van der Waals surface area contributed by atoms with Gasteiger partial charge < -0.3 is 10.2 Å². The van der Waals surface area contributed by atoms with Crippen molar-refractivity contribution < 1.29 is 4.42 Å². The number of hydrogen-bond donors (Lipinski definition) is 1. The fourth-order valence-corrected chi connectivity index (χ4v) is 1.21. The van der Waals surface area contributed by atoms with E-state index in [4.69, 9.17) is 10.2 Å². The summed E-state index contributed by atoms with van der Waals surface area (Å²) in [6.45, 7) is 0.579. The predicted octanol–water partition coefficient (Wildman–Crippen LogP) is 2.21. The van der Waals surface area contributed by atoms with Gasteiger partial charge in [0.15, 0.2) is 6.26 Å².